The maximum absolute atomic E-state index is 12.6. The largest absolute Gasteiger partial charge is 0.380 e. The Balaban J connectivity index is 1.79. The fourth-order valence-corrected chi connectivity index (χ4v) is 3.51. The maximum atomic E-state index is 12.6. The van der Waals surface area contributed by atoms with Crippen molar-refractivity contribution in [3.63, 3.8) is 0 Å². The van der Waals surface area contributed by atoms with Gasteiger partial charge in [0.15, 0.2) is 0 Å². The smallest absolute Gasteiger partial charge is 0.259 e. The number of aryl methyl sites for hydroxylation is 1. The van der Waals surface area contributed by atoms with E-state index in [4.69, 9.17) is 9.26 Å². The van der Waals surface area contributed by atoms with Crippen LogP contribution in [0.3, 0.4) is 0 Å². The van der Waals surface area contributed by atoms with Crippen molar-refractivity contribution < 1.29 is 14.1 Å². The minimum absolute atomic E-state index is 0.0243. The summed E-state index contributed by atoms with van der Waals surface area (Å²) in [6.45, 7) is 5.75. The topological polar surface area (TPSA) is 58.8 Å². The number of carbonyl (C=O) groups excluding carboxylic acids is 1. The average molecular weight is 279 g/mol. The van der Waals surface area contributed by atoms with E-state index in [-0.39, 0.29) is 11.3 Å². The first-order valence-electron chi connectivity index (χ1n) is 6.94. The van der Waals surface area contributed by atoms with E-state index in [0.717, 1.165) is 32.8 Å². The third-order valence-corrected chi connectivity index (χ3v) is 4.42. The maximum Gasteiger partial charge on any atom is 0.259 e. The first-order valence-corrected chi connectivity index (χ1v) is 6.94. The normalized spacial score (nSPS) is 29.2. The quantitative estimate of drug-likeness (QED) is 0.812. The molecule has 2 aliphatic heterocycles. The van der Waals surface area contributed by atoms with E-state index in [1.807, 2.05) is 4.90 Å². The molecule has 2 aliphatic rings. The van der Waals surface area contributed by atoms with Gasteiger partial charge in [-0.3, -0.25) is 4.79 Å². The summed E-state index contributed by atoms with van der Waals surface area (Å²) >= 11 is 0. The molecule has 2 atom stereocenters. The summed E-state index contributed by atoms with van der Waals surface area (Å²) in [7, 11) is 4.14. The fourth-order valence-electron chi connectivity index (χ4n) is 3.51. The molecular formula is C14H21N3O3. The van der Waals surface area contributed by atoms with Crippen molar-refractivity contribution in [3.05, 3.63) is 17.5 Å². The van der Waals surface area contributed by atoms with Crippen molar-refractivity contribution in [1.82, 2.24) is 15.0 Å². The number of rotatable bonds is 3. The number of nitrogens with zero attached hydrogens (tertiary/aromatic N) is 3. The Labute approximate surface area is 118 Å². The van der Waals surface area contributed by atoms with Crippen molar-refractivity contribution in [2.75, 3.05) is 46.9 Å². The molecule has 0 aliphatic carbocycles. The third kappa shape index (κ3) is 2.13. The zero-order chi connectivity index (χ0) is 14.3. The van der Waals surface area contributed by atoms with Gasteiger partial charge in [-0.05, 0) is 21.0 Å². The lowest BCUT2D eigenvalue weighted by Gasteiger charge is -2.30. The molecule has 1 amide bonds. The lowest BCUT2D eigenvalue weighted by molar-refractivity contribution is 0.0696. The highest BCUT2D eigenvalue weighted by atomic mass is 16.5. The van der Waals surface area contributed by atoms with Crippen molar-refractivity contribution in [2.24, 2.45) is 11.3 Å². The first-order chi connectivity index (χ1) is 9.52. The second kappa shape index (κ2) is 4.86. The average Bonchev–Trinajstić information content (AvgIpc) is 3.00. The second-order valence-electron chi connectivity index (χ2n) is 6.31. The summed E-state index contributed by atoms with van der Waals surface area (Å²) in [6, 6.07) is 0. The van der Waals surface area contributed by atoms with Gasteiger partial charge >= 0.3 is 0 Å². The molecule has 3 rings (SSSR count). The summed E-state index contributed by atoms with van der Waals surface area (Å²) in [5, 5.41) is 3.79. The van der Waals surface area contributed by atoms with Crippen LogP contribution in [0.15, 0.2) is 10.8 Å². The van der Waals surface area contributed by atoms with Crippen LogP contribution in [0.25, 0.3) is 0 Å². The van der Waals surface area contributed by atoms with Gasteiger partial charge in [0.1, 0.15) is 11.8 Å². The van der Waals surface area contributed by atoms with E-state index in [0.29, 0.717) is 17.2 Å². The minimum atomic E-state index is 0.0243. The number of amides is 1. The molecule has 1 aromatic rings. The van der Waals surface area contributed by atoms with Crippen molar-refractivity contribution >= 4 is 5.91 Å². The van der Waals surface area contributed by atoms with Crippen LogP contribution in [0.4, 0.5) is 0 Å². The minimum Gasteiger partial charge on any atom is -0.380 e. The molecule has 110 valence electrons. The Kier molecular flexibility index (Phi) is 3.30. The Morgan fingerprint density at radius 1 is 1.60 bits per heavy atom. The first kappa shape index (κ1) is 13.6. The number of fused-ring (bicyclic) bond motifs is 1. The van der Waals surface area contributed by atoms with Gasteiger partial charge < -0.3 is 19.1 Å². The van der Waals surface area contributed by atoms with Gasteiger partial charge in [-0.25, -0.2) is 0 Å². The predicted molar refractivity (Wildman–Crippen MR) is 72.4 cm³/mol. The Hall–Kier alpha value is -1.40. The SMILES string of the molecule is Cc1nocc1C(=O)N1C[C@@H]2COC[C@]2(CN(C)C)C1. The van der Waals surface area contributed by atoms with Gasteiger partial charge in [-0.15, -0.1) is 0 Å². The number of carbonyl (C=O) groups is 1. The molecule has 0 N–H and O–H groups in total. The number of likely N-dealkylation sites (tertiary alicyclic amines) is 1. The van der Waals surface area contributed by atoms with Crippen LogP contribution in [0.1, 0.15) is 16.1 Å². The van der Waals surface area contributed by atoms with Crippen LogP contribution < -0.4 is 0 Å². The van der Waals surface area contributed by atoms with Crippen LogP contribution in [-0.2, 0) is 4.74 Å². The Morgan fingerprint density at radius 3 is 3.05 bits per heavy atom. The molecule has 6 nitrogen and oxygen atoms in total. The molecule has 20 heavy (non-hydrogen) atoms. The molecule has 0 aromatic carbocycles. The molecule has 2 fully saturated rings. The lowest BCUT2D eigenvalue weighted by atomic mass is 9.81. The molecule has 3 heterocycles. The van der Waals surface area contributed by atoms with Crippen LogP contribution in [-0.4, -0.2) is 67.8 Å². The van der Waals surface area contributed by atoms with Gasteiger partial charge in [-0.2, -0.15) is 0 Å². The zero-order valence-corrected chi connectivity index (χ0v) is 12.3. The molecule has 6 heteroatoms. The molecule has 0 saturated carbocycles. The number of hydrogen-bond acceptors (Lipinski definition) is 5. The van der Waals surface area contributed by atoms with Crippen molar-refractivity contribution in [3.8, 4) is 0 Å². The van der Waals surface area contributed by atoms with E-state index in [9.17, 15) is 4.79 Å². The molecule has 2 saturated heterocycles. The standard InChI is InChI=1S/C14H21N3O3/c1-10-12(6-20-15-10)13(18)17-4-11-5-19-9-14(11,8-17)7-16(2)3/h6,11H,4-5,7-9H2,1-3H3/t11-,14+/m1/s1. The fraction of sp³-hybridized carbons (Fsp3) is 0.714. The molecule has 0 spiro atoms. The Bertz CT molecular complexity index is 514. The summed E-state index contributed by atoms with van der Waals surface area (Å²) in [5.74, 6) is 0.449. The summed E-state index contributed by atoms with van der Waals surface area (Å²) in [5.41, 5.74) is 1.31. The van der Waals surface area contributed by atoms with E-state index in [2.05, 4.69) is 24.2 Å². The molecule has 0 radical (unpaired) electrons. The Morgan fingerprint density at radius 2 is 2.40 bits per heavy atom. The van der Waals surface area contributed by atoms with E-state index in [1.54, 1.807) is 6.92 Å². The van der Waals surface area contributed by atoms with Crippen molar-refractivity contribution in [1.29, 1.82) is 0 Å². The number of hydrogen-bond donors (Lipinski definition) is 0. The monoisotopic (exact) mass is 279 g/mol. The molecule has 0 unspecified atom stereocenters. The van der Waals surface area contributed by atoms with E-state index < -0.39 is 0 Å². The number of ether oxygens (including phenoxy) is 1. The van der Waals surface area contributed by atoms with Gasteiger partial charge in [0.05, 0.1) is 18.9 Å². The second-order valence-corrected chi connectivity index (χ2v) is 6.31. The third-order valence-electron chi connectivity index (χ3n) is 4.42. The van der Waals surface area contributed by atoms with Gasteiger partial charge in [0.2, 0.25) is 0 Å². The van der Waals surface area contributed by atoms with Gasteiger partial charge in [0, 0.05) is 31.0 Å². The van der Waals surface area contributed by atoms with Crippen LogP contribution in [0, 0.1) is 18.3 Å². The van der Waals surface area contributed by atoms with Crippen molar-refractivity contribution in [2.45, 2.75) is 6.92 Å². The summed E-state index contributed by atoms with van der Waals surface area (Å²) < 4.78 is 10.5. The summed E-state index contributed by atoms with van der Waals surface area (Å²) in [6.07, 6.45) is 1.45. The van der Waals surface area contributed by atoms with E-state index in [1.165, 1.54) is 6.26 Å². The van der Waals surface area contributed by atoms with Crippen LogP contribution in [0.2, 0.25) is 0 Å². The van der Waals surface area contributed by atoms with Crippen LogP contribution in [0.5, 0.6) is 0 Å². The lowest BCUT2D eigenvalue weighted by Crippen LogP contribution is -2.41. The van der Waals surface area contributed by atoms with Gasteiger partial charge in [0.25, 0.3) is 5.91 Å². The van der Waals surface area contributed by atoms with E-state index >= 15 is 0 Å². The predicted octanol–water partition coefficient (Wildman–Crippen LogP) is 0.633. The highest BCUT2D eigenvalue weighted by Gasteiger charge is 2.52. The van der Waals surface area contributed by atoms with Crippen LogP contribution >= 0.6 is 0 Å². The zero-order valence-electron chi connectivity index (χ0n) is 12.3. The molecular weight excluding hydrogens is 258 g/mol. The molecule has 0 bridgehead atoms. The highest BCUT2D eigenvalue weighted by molar-refractivity contribution is 5.95. The summed E-state index contributed by atoms with van der Waals surface area (Å²) in [4.78, 5) is 16.7. The molecule has 1 aromatic heterocycles. The number of aromatic nitrogens is 1. The highest BCUT2D eigenvalue weighted by Crippen LogP contribution is 2.42. The van der Waals surface area contributed by atoms with Gasteiger partial charge in [-0.1, -0.05) is 5.16 Å².